The lowest BCUT2D eigenvalue weighted by molar-refractivity contribution is -0.222. The molecule has 0 aliphatic carbocycles. The lowest BCUT2D eigenvalue weighted by Crippen LogP contribution is -2.42. The molecule has 0 saturated carbocycles. The van der Waals surface area contributed by atoms with Crippen molar-refractivity contribution in [1.29, 1.82) is 0 Å². The van der Waals surface area contributed by atoms with E-state index in [9.17, 15) is 17.6 Å². The van der Waals surface area contributed by atoms with Crippen molar-refractivity contribution in [3.05, 3.63) is 0 Å². The molecular formula is C5H7F4N. The van der Waals surface area contributed by atoms with Gasteiger partial charge < -0.3 is 5.32 Å². The maximum absolute atomic E-state index is 12.6. The van der Waals surface area contributed by atoms with E-state index in [2.05, 4.69) is 5.32 Å². The van der Waals surface area contributed by atoms with Crippen molar-refractivity contribution >= 4 is 0 Å². The van der Waals surface area contributed by atoms with Gasteiger partial charge in [0.25, 0.3) is 0 Å². The molecular weight excluding hydrogens is 150 g/mol. The van der Waals surface area contributed by atoms with Gasteiger partial charge in [-0.3, -0.25) is 0 Å². The summed E-state index contributed by atoms with van der Waals surface area (Å²) < 4.78 is 47.8. The predicted octanol–water partition coefficient (Wildman–Crippen LogP) is 1.25. The molecule has 1 nitrogen and oxygen atoms in total. The van der Waals surface area contributed by atoms with E-state index in [0.717, 1.165) is 0 Å². The van der Waals surface area contributed by atoms with E-state index in [1.54, 1.807) is 0 Å². The van der Waals surface area contributed by atoms with Gasteiger partial charge in [0, 0.05) is 13.0 Å². The van der Waals surface area contributed by atoms with Crippen molar-refractivity contribution in [2.24, 2.45) is 0 Å². The molecule has 1 aliphatic rings. The summed E-state index contributed by atoms with van der Waals surface area (Å²) in [5.74, 6) is 0. The molecule has 0 aromatic heterocycles. The molecule has 5 heteroatoms. The molecule has 0 aromatic carbocycles. The average Bonchev–Trinajstić information content (AvgIpc) is 2.13. The molecule has 0 amide bonds. The molecule has 1 atom stereocenters. The number of hydrogen-bond donors (Lipinski definition) is 1. The minimum absolute atomic E-state index is 0.107. The first-order chi connectivity index (χ1) is 4.46. The van der Waals surface area contributed by atoms with Crippen molar-refractivity contribution in [3.8, 4) is 0 Å². The van der Waals surface area contributed by atoms with E-state index < -0.39 is 24.8 Å². The lowest BCUT2D eigenvalue weighted by atomic mass is 10.1. The second-order valence-electron chi connectivity index (χ2n) is 2.39. The Morgan fingerprint density at radius 1 is 1.30 bits per heavy atom. The van der Waals surface area contributed by atoms with Crippen LogP contribution in [0.15, 0.2) is 0 Å². The molecule has 0 aromatic rings. The van der Waals surface area contributed by atoms with Crippen LogP contribution in [0.5, 0.6) is 0 Å². The Labute approximate surface area is 55.4 Å². The maximum atomic E-state index is 12.6. The lowest BCUT2D eigenvalue weighted by Gasteiger charge is -2.20. The van der Waals surface area contributed by atoms with Gasteiger partial charge in [0.05, 0.1) is 0 Å². The smallest absolute Gasteiger partial charge is 0.313 e. The molecule has 1 fully saturated rings. The fourth-order valence-corrected chi connectivity index (χ4v) is 0.903. The molecule has 60 valence electrons. The van der Waals surface area contributed by atoms with Crippen LogP contribution in [0.25, 0.3) is 0 Å². The Morgan fingerprint density at radius 2 is 1.90 bits per heavy atom. The summed E-state index contributed by atoms with van der Waals surface area (Å²) in [6, 6.07) is 0. The molecule has 1 unspecified atom stereocenters. The van der Waals surface area contributed by atoms with Crippen molar-refractivity contribution in [1.82, 2.24) is 5.32 Å². The Hall–Kier alpha value is -0.320. The third-order valence-electron chi connectivity index (χ3n) is 1.61. The van der Waals surface area contributed by atoms with Crippen LogP contribution in [-0.4, -0.2) is 24.9 Å². The van der Waals surface area contributed by atoms with E-state index in [0.29, 0.717) is 0 Å². The second kappa shape index (κ2) is 2.08. The van der Waals surface area contributed by atoms with E-state index in [4.69, 9.17) is 0 Å². The van der Waals surface area contributed by atoms with Crippen LogP contribution in [0.3, 0.4) is 0 Å². The predicted molar refractivity (Wildman–Crippen MR) is 27.4 cm³/mol. The Morgan fingerprint density at radius 3 is 2.10 bits per heavy atom. The first-order valence-electron chi connectivity index (χ1n) is 2.92. The number of halogens is 4. The second-order valence-corrected chi connectivity index (χ2v) is 2.39. The van der Waals surface area contributed by atoms with Gasteiger partial charge in [-0.15, -0.1) is 0 Å². The zero-order valence-electron chi connectivity index (χ0n) is 5.13. The van der Waals surface area contributed by atoms with Crippen LogP contribution in [0, 0.1) is 0 Å². The van der Waals surface area contributed by atoms with Crippen LogP contribution in [0.4, 0.5) is 17.6 Å². The Kier molecular flexibility index (Phi) is 1.62. The molecule has 1 rings (SSSR count). The van der Waals surface area contributed by atoms with Crippen LogP contribution >= 0.6 is 0 Å². The topological polar surface area (TPSA) is 12.0 Å². The summed E-state index contributed by atoms with van der Waals surface area (Å²) in [6.07, 6.45) is -5.17. The highest BCUT2D eigenvalue weighted by Crippen LogP contribution is 2.37. The number of alkyl halides is 4. The first kappa shape index (κ1) is 7.78. The quantitative estimate of drug-likeness (QED) is 0.522. The highest BCUT2D eigenvalue weighted by molar-refractivity contribution is 4.94. The average molecular weight is 157 g/mol. The van der Waals surface area contributed by atoms with E-state index in [1.165, 1.54) is 0 Å². The van der Waals surface area contributed by atoms with Crippen LogP contribution in [0.2, 0.25) is 0 Å². The van der Waals surface area contributed by atoms with Gasteiger partial charge in [-0.25, -0.2) is 4.39 Å². The van der Waals surface area contributed by atoms with Gasteiger partial charge in [-0.1, -0.05) is 0 Å². The zero-order chi connectivity index (χ0) is 7.83. The largest absolute Gasteiger partial charge is 0.423 e. The van der Waals surface area contributed by atoms with Crippen LogP contribution < -0.4 is 5.32 Å². The molecule has 1 N–H and O–H groups in total. The van der Waals surface area contributed by atoms with Gasteiger partial charge in [0.2, 0.25) is 5.67 Å². The standard InChI is InChI=1S/C5H7F4N/c6-4(5(7,8)9)1-2-10-3-4/h10H,1-3H2. The van der Waals surface area contributed by atoms with Crippen molar-refractivity contribution in [2.45, 2.75) is 18.3 Å². The minimum atomic E-state index is -4.71. The summed E-state index contributed by atoms with van der Waals surface area (Å²) in [7, 11) is 0. The van der Waals surface area contributed by atoms with Gasteiger partial charge in [-0.2, -0.15) is 13.2 Å². The molecule has 0 bridgehead atoms. The minimum Gasteiger partial charge on any atom is -0.313 e. The van der Waals surface area contributed by atoms with Crippen LogP contribution in [0.1, 0.15) is 6.42 Å². The monoisotopic (exact) mass is 157 g/mol. The molecule has 0 radical (unpaired) electrons. The van der Waals surface area contributed by atoms with Crippen molar-refractivity contribution in [2.75, 3.05) is 13.1 Å². The number of hydrogen-bond acceptors (Lipinski definition) is 1. The number of nitrogens with one attached hydrogen (secondary N) is 1. The van der Waals surface area contributed by atoms with Gasteiger partial charge in [-0.05, 0) is 6.54 Å². The molecule has 1 saturated heterocycles. The van der Waals surface area contributed by atoms with E-state index >= 15 is 0 Å². The number of rotatable bonds is 0. The summed E-state index contributed by atoms with van der Waals surface area (Å²) >= 11 is 0. The van der Waals surface area contributed by atoms with Crippen LogP contribution in [-0.2, 0) is 0 Å². The maximum Gasteiger partial charge on any atom is 0.423 e. The fraction of sp³-hybridized carbons (Fsp3) is 1.00. The van der Waals surface area contributed by atoms with E-state index in [-0.39, 0.29) is 6.54 Å². The SMILES string of the molecule is FC(F)(F)C1(F)CCNC1. The molecule has 1 heterocycles. The normalized spacial score (nSPS) is 34.8. The van der Waals surface area contributed by atoms with Crippen molar-refractivity contribution < 1.29 is 17.6 Å². The summed E-state index contributed by atoms with van der Waals surface area (Å²) in [5, 5.41) is 2.32. The third kappa shape index (κ3) is 1.10. The highest BCUT2D eigenvalue weighted by atomic mass is 19.4. The Bertz CT molecular complexity index is 124. The fourth-order valence-electron chi connectivity index (χ4n) is 0.903. The summed E-state index contributed by atoms with van der Waals surface area (Å²) in [4.78, 5) is 0. The third-order valence-corrected chi connectivity index (χ3v) is 1.61. The molecule has 0 spiro atoms. The van der Waals surface area contributed by atoms with Gasteiger partial charge in [0.1, 0.15) is 0 Å². The van der Waals surface area contributed by atoms with Crippen molar-refractivity contribution in [3.63, 3.8) is 0 Å². The van der Waals surface area contributed by atoms with E-state index in [1.807, 2.05) is 0 Å². The van der Waals surface area contributed by atoms with Gasteiger partial charge >= 0.3 is 6.18 Å². The molecule has 1 aliphatic heterocycles. The Balaban J connectivity index is 2.67. The summed E-state index contributed by atoms with van der Waals surface area (Å²) in [6.45, 7) is -0.494. The first-order valence-corrected chi connectivity index (χ1v) is 2.92. The highest BCUT2D eigenvalue weighted by Gasteiger charge is 2.57. The summed E-state index contributed by atoms with van der Waals surface area (Å²) in [5.41, 5.74) is -2.98. The zero-order valence-corrected chi connectivity index (χ0v) is 5.13. The molecule has 10 heavy (non-hydrogen) atoms. The van der Waals surface area contributed by atoms with Gasteiger partial charge in [0.15, 0.2) is 0 Å².